The van der Waals surface area contributed by atoms with E-state index in [4.69, 9.17) is 0 Å². The summed E-state index contributed by atoms with van der Waals surface area (Å²) < 4.78 is 35.6. The maximum absolute atomic E-state index is 11.8. The van der Waals surface area contributed by atoms with E-state index in [9.17, 15) is 18.1 Å². The molecule has 0 bridgehead atoms. The van der Waals surface area contributed by atoms with Crippen molar-refractivity contribution in [2.24, 2.45) is 0 Å². The molecule has 5 nitrogen and oxygen atoms in total. The highest BCUT2D eigenvalue weighted by molar-refractivity contribution is 7.85. The van der Waals surface area contributed by atoms with Crippen LogP contribution in [-0.4, -0.2) is 41.0 Å². The maximum Gasteiger partial charge on any atom is 0.119 e. The van der Waals surface area contributed by atoms with Crippen LogP contribution in [0.3, 0.4) is 0 Å². The van der Waals surface area contributed by atoms with Gasteiger partial charge in [0.05, 0.1) is 15.9 Å². The lowest BCUT2D eigenvalue weighted by atomic mass is 10.0. The fraction of sp³-hybridized carbons (Fsp3) is 0.909. The topological polar surface area (TPSA) is 77.4 Å². The van der Waals surface area contributed by atoms with Gasteiger partial charge in [0.25, 0.3) is 0 Å². The molecular weight excluding hydrogens is 903 g/mol. The highest BCUT2D eigenvalue weighted by Gasteiger charge is 2.25. The summed E-state index contributed by atoms with van der Waals surface area (Å²) in [5.74, 6) is -0.750. The molecule has 0 heterocycles. The number of aliphatic hydroxyl groups excluding tert-OH is 1. The predicted octanol–water partition coefficient (Wildman–Crippen LogP) is 22.4. The molecule has 0 amide bonds. The highest BCUT2D eigenvalue weighted by atomic mass is 32.2. The summed E-state index contributed by atoms with van der Waals surface area (Å²) in [5, 5.41) is 11.0. The van der Waals surface area contributed by atoms with Gasteiger partial charge in [-0.2, -0.15) is 0 Å². The molecule has 0 aromatic carbocycles. The van der Waals surface area contributed by atoms with Crippen molar-refractivity contribution in [2.45, 2.75) is 374 Å². The lowest BCUT2D eigenvalue weighted by Gasteiger charge is -2.29. The largest absolute Gasteiger partial charge is 0.748 e. The van der Waals surface area contributed by atoms with E-state index in [-0.39, 0.29) is 11.0 Å². The molecule has 0 fully saturated rings. The minimum atomic E-state index is -4.54. The van der Waals surface area contributed by atoms with Gasteiger partial charge in [-0.3, -0.25) is 0 Å². The van der Waals surface area contributed by atoms with Gasteiger partial charge in [0.1, 0.15) is 31.2 Å². The van der Waals surface area contributed by atoms with Crippen molar-refractivity contribution in [3.63, 3.8) is 0 Å². The van der Waals surface area contributed by atoms with Gasteiger partial charge in [0, 0.05) is 0 Å². The molecule has 6 heteroatoms. The second-order valence-electron chi connectivity index (χ2n) is 23.0. The molecule has 0 aliphatic heterocycles. The average Bonchev–Trinajstić information content (AvgIpc) is 3.35. The van der Waals surface area contributed by atoms with Crippen LogP contribution in [0.4, 0.5) is 0 Å². The average molecular weight is 1030 g/mol. The Bertz CT molecular complexity index is 1130. The molecule has 0 aromatic rings. The number of aliphatic hydroxyl groups is 1. The van der Waals surface area contributed by atoms with Crippen molar-refractivity contribution >= 4 is 10.1 Å². The number of allylic oxidation sites excluding steroid dienone is 3. The third kappa shape index (κ3) is 56.8. The quantitative estimate of drug-likeness (QED) is 0.0374. The van der Waals surface area contributed by atoms with Crippen molar-refractivity contribution in [1.82, 2.24) is 0 Å². The summed E-state index contributed by atoms with van der Waals surface area (Å²) in [6.07, 6.45) is 84.4. The molecule has 72 heavy (non-hydrogen) atoms. The van der Waals surface area contributed by atoms with Crippen LogP contribution >= 0.6 is 0 Å². The van der Waals surface area contributed by atoms with E-state index in [1.807, 2.05) is 0 Å². The van der Waals surface area contributed by atoms with E-state index in [1.165, 1.54) is 308 Å². The molecule has 1 N–H and O–H groups in total. The molecule has 0 radical (unpaired) electrons. The van der Waals surface area contributed by atoms with Gasteiger partial charge in [-0.25, -0.2) is 12.9 Å². The first-order valence-corrected chi connectivity index (χ1v) is 34.4. The first-order valence-electron chi connectivity index (χ1n) is 32.8. The summed E-state index contributed by atoms with van der Waals surface area (Å²) in [6.45, 7) is 7.03. The van der Waals surface area contributed by atoms with Gasteiger partial charge in [-0.05, 0) is 56.8 Å². The van der Waals surface area contributed by atoms with Gasteiger partial charge in [0.15, 0.2) is 0 Å². The number of hydrogen-bond acceptors (Lipinski definition) is 4. The second kappa shape index (κ2) is 57.7. The second-order valence-corrected chi connectivity index (χ2v) is 24.5. The molecule has 0 aliphatic carbocycles. The number of hydrogen-bond donors (Lipinski definition) is 1. The van der Waals surface area contributed by atoms with Crippen molar-refractivity contribution < 1.29 is 22.6 Å². The van der Waals surface area contributed by atoms with Crippen LogP contribution in [0.15, 0.2) is 36.8 Å². The fourth-order valence-electron chi connectivity index (χ4n) is 10.8. The third-order valence-corrected chi connectivity index (χ3v) is 16.3. The van der Waals surface area contributed by atoms with Crippen molar-refractivity contribution in [3.05, 3.63) is 36.8 Å². The number of quaternary nitrogens is 1. The van der Waals surface area contributed by atoms with Crippen LogP contribution in [0, 0.1) is 0 Å². The van der Waals surface area contributed by atoms with E-state index in [1.54, 1.807) is 0 Å². The Labute approximate surface area is 453 Å². The summed E-state index contributed by atoms with van der Waals surface area (Å²) in [6, 6.07) is 0. The summed E-state index contributed by atoms with van der Waals surface area (Å²) >= 11 is 0. The zero-order chi connectivity index (χ0) is 52.4. The zero-order valence-electron chi connectivity index (χ0n) is 49.2. The van der Waals surface area contributed by atoms with Crippen LogP contribution in [0.5, 0.6) is 0 Å². The Morgan fingerprint density at radius 3 is 0.653 bits per heavy atom. The van der Waals surface area contributed by atoms with E-state index >= 15 is 0 Å². The van der Waals surface area contributed by atoms with Gasteiger partial charge < -0.3 is 9.66 Å². The minimum absolute atomic E-state index is 0.155. The first kappa shape index (κ1) is 71.0. The summed E-state index contributed by atoms with van der Waals surface area (Å²) in [4.78, 5) is 0. The Balaban J connectivity index is 4.93. The molecule has 1 unspecified atom stereocenters. The van der Waals surface area contributed by atoms with Crippen LogP contribution in [-0.2, 0) is 10.1 Å². The van der Waals surface area contributed by atoms with Crippen molar-refractivity contribution in [2.75, 3.05) is 12.3 Å². The Morgan fingerprint density at radius 2 is 0.486 bits per heavy atom. The SMILES string of the molecule is CCCCCCCCCCCCCCCCCCC/C=C/[N+](/C=C/CCCCCCCCCCCCCCCCCCC)(/C=C/CCCCCCCCCCCCCCCCCCC)CC(O)CS(=O)(=O)[O-]. The Morgan fingerprint density at radius 1 is 0.319 bits per heavy atom. The van der Waals surface area contributed by atoms with E-state index in [2.05, 4.69) is 57.6 Å². The molecule has 0 aromatic heterocycles. The minimum Gasteiger partial charge on any atom is -0.748 e. The Hall–Kier alpha value is -0.950. The molecule has 0 rings (SSSR count). The molecule has 0 aliphatic rings. The molecule has 0 spiro atoms. The molecule has 0 saturated carbocycles. The zero-order valence-corrected chi connectivity index (χ0v) is 50.0. The molecule has 428 valence electrons. The van der Waals surface area contributed by atoms with Gasteiger partial charge >= 0.3 is 0 Å². The van der Waals surface area contributed by atoms with Gasteiger partial charge in [-0.1, -0.05) is 329 Å². The number of rotatable bonds is 61. The van der Waals surface area contributed by atoms with Crippen LogP contribution in [0.25, 0.3) is 0 Å². The maximum atomic E-state index is 11.8. The normalized spacial score (nSPS) is 13.0. The summed E-state index contributed by atoms with van der Waals surface area (Å²) in [5.41, 5.74) is 0. The number of nitrogens with zero attached hydrogens (tertiary/aromatic N) is 1. The lowest BCUT2D eigenvalue weighted by molar-refractivity contribution is -0.777. The van der Waals surface area contributed by atoms with Crippen molar-refractivity contribution in [1.29, 1.82) is 0 Å². The summed E-state index contributed by atoms with van der Waals surface area (Å²) in [7, 11) is -4.54. The number of unbranched alkanes of at least 4 members (excludes halogenated alkanes) is 51. The van der Waals surface area contributed by atoms with Crippen LogP contribution in [0.1, 0.15) is 367 Å². The molecule has 0 saturated heterocycles. The lowest BCUT2D eigenvalue weighted by Crippen LogP contribution is -2.41. The van der Waals surface area contributed by atoms with Crippen LogP contribution in [0.2, 0.25) is 0 Å². The van der Waals surface area contributed by atoms with E-state index in [0.717, 1.165) is 38.5 Å². The predicted molar refractivity (Wildman–Crippen MR) is 319 cm³/mol. The highest BCUT2D eigenvalue weighted by Crippen LogP contribution is 2.21. The van der Waals surface area contributed by atoms with Gasteiger partial charge in [0.2, 0.25) is 0 Å². The molecular formula is C66H129NO4S. The smallest absolute Gasteiger partial charge is 0.119 e. The van der Waals surface area contributed by atoms with Gasteiger partial charge in [-0.15, -0.1) is 0 Å². The standard InChI is InChI=1S/C66H129NO4S/c1-4-7-10-13-16-19-22-25-28-31-34-37-40-43-46-49-52-55-58-61-67(64-66(68)65-72(69,70)71,62-59-56-53-50-47-44-41-38-35-32-29-26-23-20-17-14-11-8-5-2)63-60-57-54-51-48-45-42-39-36-33-30-27-24-21-18-15-12-9-6-3/h58-63,66,68H,4-57,64-65H2,1-3H3/b61-58+,62-59+,63-60+. The van der Waals surface area contributed by atoms with E-state index < -0.39 is 22.0 Å². The monoisotopic (exact) mass is 1030 g/mol. The fourth-order valence-corrected chi connectivity index (χ4v) is 11.3. The van der Waals surface area contributed by atoms with Crippen molar-refractivity contribution in [3.8, 4) is 0 Å². The van der Waals surface area contributed by atoms with Crippen LogP contribution < -0.4 is 0 Å². The third-order valence-electron chi connectivity index (χ3n) is 15.5. The first-order chi connectivity index (χ1) is 35.3. The Kier molecular flexibility index (Phi) is 57.0. The molecule has 1 atom stereocenters. The van der Waals surface area contributed by atoms with E-state index in [0.29, 0.717) is 0 Å².